The van der Waals surface area contributed by atoms with Gasteiger partial charge in [0, 0.05) is 17.3 Å². The zero-order valence-corrected chi connectivity index (χ0v) is 20.8. The molecule has 176 valence electrons. The van der Waals surface area contributed by atoms with Crippen LogP contribution in [0.2, 0.25) is 0 Å². The van der Waals surface area contributed by atoms with Gasteiger partial charge < -0.3 is 14.9 Å². The summed E-state index contributed by atoms with van der Waals surface area (Å²) in [5.41, 5.74) is -2.05. The van der Waals surface area contributed by atoms with Crippen molar-refractivity contribution in [1.82, 2.24) is 0 Å². The van der Waals surface area contributed by atoms with E-state index in [1.54, 1.807) is 19.1 Å². The van der Waals surface area contributed by atoms with Crippen LogP contribution >= 0.6 is 15.9 Å². The first-order chi connectivity index (χ1) is 14.9. The van der Waals surface area contributed by atoms with Gasteiger partial charge >= 0.3 is 5.97 Å². The van der Waals surface area contributed by atoms with Crippen molar-refractivity contribution >= 4 is 33.5 Å². The minimum Gasteiger partial charge on any atom is -0.458 e. The number of hydrogen-bond donors (Lipinski definition) is 2. The fourth-order valence-corrected chi connectivity index (χ4v) is 8.60. The summed E-state index contributed by atoms with van der Waals surface area (Å²) in [6.07, 6.45) is 6.87. The number of allylic oxidation sites excluding steroid dienone is 4. The quantitative estimate of drug-likeness (QED) is 0.446. The standard InChI is InChI=1S/C25H33BrO6/c1-5-21(30)32-13-20(29)25(31)14(2)10-18-17-7-6-15-11-16(27)8-9-22(15,3)24(17,26)19(28)12-23(18,25)4/h8-9,11,14,17-19,28,31H,5-7,10,12-13H2,1-4H3/t14-,17+,18+,19+,22+,23+,24+,25+/m1/s1. The molecule has 0 spiro atoms. The Morgan fingerprint density at radius 3 is 2.62 bits per heavy atom. The highest BCUT2D eigenvalue weighted by Crippen LogP contribution is 2.71. The maximum atomic E-state index is 13.3. The fraction of sp³-hybridized carbons (Fsp3) is 0.720. The highest BCUT2D eigenvalue weighted by molar-refractivity contribution is 9.10. The van der Waals surface area contributed by atoms with E-state index in [0.717, 1.165) is 18.4 Å². The van der Waals surface area contributed by atoms with E-state index in [-0.39, 0.29) is 36.4 Å². The van der Waals surface area contributed by atoms with Gasteiger partial charge in [-0.05, 0) is 55.6 Å². The minimum atomic E-state index is -1.68. The number of aliphatic hydroxyl groups excluding tert-OH is 1. The zero-order chi connectivity index (χ0) is 23.7. The van der Waals surface area contributed by atoms with Crippen LogP contribution < -0.4 is 0 Å². The maximum absolute atomic E-state index is 13.3. The number of Topliss-reactive ketones (excluding diaryl/α,β-unsaturated/α-hetero) is 1. The molecule has 32 heavy (non-hydrogen) atoms. The van der Waals surface area contributed by atoms with Crippen LogP contribution in [0.4, 0.5) is 0 Å². The molecule has 7 heteroatoms. The number of rotatable bonds is 4. The number of carbonyl (C=O) groups is 3. The van der Waals surface area contributed by atoms with Crippen molar-refractivity contribution in [3.63, 3.8) is 0 Å². The topological polar surface area (TPSA) is 101 Å². The lowest BCUT2D eigenvalue weighted by Gasteiger charge is -2.64. The van der Waals surface area contributed by atoms with E-state index in [2.05, 4.69) is 22.9 Å². The lowest BCUT2D eigenvalue weighted by molar-refractivity contribution is -0.181. The number of fused-ring (bicyclic) bond motifs is 5. The van der Waals surface area contributed by atoms with E-state index >= 15 is 0 Å². The van der Waals surface area contributed by atoms with Gasteiger partial charge in [0.05, 0.1) is 10.4 Å². The van der Waals surface area contributed by atoms with Crippen LogP contribution in [-0.2, 0) is 19.1 Å². The Morgan fingerprint density at radius 2 is 1.97 bits per heavy atom. The third-order valence-electron chi connectivity index (χ3n) is 9.30. The van der Waals surface area contributed by atoms with E-state index in [1.165, 1.54) is 0 Å². The van der Waals surface area contributed by atoms with E-state index in [1.807, 2.05) is 19.9 Å². The predicted molar refractivity (Wildman–Crippen MR) is 122 cm³/mol. The lowest BCUT2D eigenvalue weighted by Crippen LogP contribution is -2.68. The van der Waals surface area contributed by atoms with Crippen LogP contribution in [-0.4, -0.2) is 50.4 Å². The molecule has 0 heterocycles. The number of hydrogen-bond acceptors (Lipinski definition) is 6. The number of alkyl halides is 1. The number of aliphatic hydroxyl groups is 2. The van der Waals surface area contributed by atoms with Crippen LogP contribution in [0, 0.1) is 28.6 Å². The van der Waals surface area contributed by atoms with Crippen molar-refractivity contribution in [2.24, 2.45) is 28.6 Å². The highest BCUT2D eigenvalue weighted by atomic mass is 79.9. The highest BCUT2D eigenvalue weighted by Gasteiger charge is 2.74. The Bertz CT molecular complexity index is 925. The normalized spacial score (nSPS) is 47.2. The summed E-state index contributed by atoms with van der Waals surface area (Å²) < 4.78 is 4.38. The summed E-state index contributed by atoms with van der Waals surface area (Å²) in [4.78, 5) is 36.9. The van der Waals surface area contributed by atoms with Crippen LogP contribution in [0.15, 0.2) is 23.8 Å². The molecule has 0 bridgehead atoms. The fourth-order valence-electron chi connectivity index (χ4n) is 7.50. The van der Waals surface area contributed by atoms with Crippen molar-refractivity contribution in [1.29, 1.82) is 0 Å². The van der Waals surface area contributed by atoms with Gasteiger partial charge in [-0.2, -0.15) is 0 Å². The Morgan fingerprint density at radius 1 is 1.28 bits per heavy atom. The summed E-state index contributed by atoms with van der Waals surface area (Å²) in [7, 11) is 0. The van der Waals surface area contributed by atoms with Gasteiger partial charge in [-0.1, -0.05) is 55.3 Å². The molecule has 0 aromatic carbocycles. The second-order valence-electron chi connectivity index (χ2n) is 10.6. The van der Waals surface area contributed by atoms with Gasteiger partial charge in [0.15, 0.2) is 12.4 Å². The van der Waals surface area contributed by atoms with E-state index in [0.29, 0.717) is 6.42 Å². The summed E-state index contributed by atoms with van der Waals surface area (Å²) in [5, 5.41) is 23.5. The largest absolute Gasteiger partial charge is 0.458 e. The minimum absolute atomic E-state index is 0.00119. The first-order valence-electron chi connectivity index (χ1n) is 11.6. The number of ether oxygens (including phenoxy) is 1. The molecule has 0 aromatic heterocycles. The Hall–Kier alpha value is -1.31. The molecule has 2 N–H and O–H groups in total. The molecule has 0 amide bonds. The molecule has 3 fully saturated rings. The molecular formula is C25H33BrO6. The van der Waals surface area contributed by atoms with Crippen molar-refractivity contribution in [2.45, 2.75) is 75.8 Å². The first-order valence-corrected chi connectivity index (χ1v) is 12.4. The molecule has 4 aliphatic carbocycles. The molecular weight excluding hydrogens is 476 g/mol. The predicted octanol–water partition coefficient (Wildman–Crippen LogP) is 3.28. The van der Waals surface area contributed by atoms with Crippen molar-refractivity contribution < 1.29 is 29.3 Å². The second kappa shape index (κ2) is 7.60. The maximum Gasteiger partial charge on any atom is 0.305 e. The Labute approximate surface area is 197 Å². The van der Waals surface area contributed by atoms with Crippen LogP contribution in [0.3, 0.4) is 0 Å². The number of ketones is 2. The number of halogens is 1. The van der Waals surface area contributed by atoms with Gasteiger partial charge in [-0.15, -0.1) is 0 Å². The summed E-state index contributed by atoms with van der Waals surface area (Å²) >= 11 is 3.98. The smallest absolute Gasteiger partial charge is 0.305 e. The van der Waals surface area contributed by atoms with E-state index in [9.17, 15) is 24.6 Å². The average molecular weight is 509 g/mol. The third kappa shape index (κ3) is 2.86. The van der Waals surface area contributed by atoms with E-state index < -0.39 is 45.2 Å². The molecule has 0 radical (unpaired) electrons. The van der Waals surface area contributed by atoms with Crippen molar-refractivity contribution in [3.05, 3.63) is 23.8 Å². The van der Waals surface area contributed by atoms with Gasteiger partial charge in [0.2, 0.25) is 5.78 Å². The molecule has 0 aliphatic heterocycles. The van der Waals surface area contributed by atoms with Gasteiger partial charge in [0.1, 0.15) is 5.60 Å². The van der Waals surface area contributed by atoms with Crippen molar-refractivity contribution in [2.75, 3.05) is 6.61 Å². The molecule has 8 atom stereocenters. The Kier molecular flexibility index (Phi) is 5.66. The molecule has 0 aromatic rings. The van der Waals surface area contributed by atoms with Crippen LogP contribution in [0.5, 0.6) is 0 Å². The van der Waals surface area contributed by atoms with Gasteiger partial charge in [0.25, 0.3) is 0 Å². The zero-order valence-electron chi connectivity index (χ0n) is 19.2. The number of carbonyl (C=O) groups excluding carboxylic acids is 3. The Balaban J connectivity index is 1.73. The molecule has 3 saturated carbocycles. The molecule has 0 unspecified atom stereocenters. The molecule has 4 aliphatic rings. The molecule has 6 nitrogen and oxygen atoms in total. The van der Waals surface area contributed by atoms with Crippen LogP contribution in [0.25, 0.3) is 0 Å². The lowest BCUT2D eigenvalue weighted by atomic mass is 9.46. The second-order valence-corrected chi connectivity index (χ2v) is 11.9. The summed E-state index contributed by atoms with van der Waals surface area (Å²) in [5.74, 6) is -1.34. The third-order valence-corrected chi connectivity index (χ3v) is 11.2. The van der Waals surface area contributed by atoms with Gasteiger partial charge in [-0.25, -0.2) is 0 Å². The SMILES string of the molecule is CCC(=O)OCC(=O)[C@@]1(O)[C@H](C)C[C@H]2[C@@H]3CCC4=CC(=O)C=C[C@]4(C)[C@@]3(Br)[C@@H](O)C[C@@]21C. The number of esters is 1. The molecule has 0 saturated heterocycles. The van der Waals surface area contributed by atoms with Crippen LogP contribution in [0.1, 0.15) is 59.8 Å². The van der Waals surface area contributed by atoms with Crippen molar-refractivity contribution in [3.8, 4) is 0 Å². The monoisotopic (exact) mass is 508 g/mol. The average Bonchev–Trinajstić information content (AvgIpc) is 2.94. The summed E-state index contributed by atoms with van der Waals surface area (Å²) in [6, 6.07) is 0. The summed E-state index contributed by atoms with van der Waals surface area (Å²) in [6.45, 7) is 7.05. The van der Waals surface area contributed by atoms with E-state index in [4.69, 9.17) is 4.74 Å². The van der Waals surface area contributed by atoms with Gasteiger partial charge in [-0.3, -0.25) is 14.4 Å². The molecule has 4 rings (SSSR count). The first kappa shape index (κ1) is 23.8.